The molecule has 0 aliphatic rings. The summed E-state index contributed by atoms with van der Waals surface area (Å²) in [5, 5.41) is 0. The molecule has 0 aromatic carbocycles. The Morgan fingerprint density at radius 1 is 0.259 bits per heavy atom. The zero-order chi connectivity index (χ0) is 58.5. The van der Waals surface area contributed by atoms with Crippen molar-refractivity contribution in [2.45, 2.75) is 322 Å². The standard InChI is InChI=1S/C75H126O6/c1-4-7-10-13-16-18-20-22-24-26-28-30-32-34-35-36-37-38-39-41-42-44-46-48-50-52-54-56-59-62-65-68-74(77)80-71-72(70-79-73(76)67-64-61-58-15-12-9-6-3)81-75(78)69-66-63-60-57-55-53-51-49-47-45-43-40-33-31-29-27-25-23-21-19-17-14-11-8-5-2/h7,10,16,18,21-24,27-30,34-35,37-38,41-42,46,48,72H,4-6,8-9,11-15,17,19-20,25-26,31-33,36,39-40,43-45,47,49-71H2,1-3H3/b10-7-,18-16-,23-21-,24-22-,29-27-,30-28-,35-34-,38-37-,42-41-,48-46-. The highest BCUT2D eigenvalue weighted by molar-refractivity contribution is 5.71. The lowest BCUT2D eigenvalue weighted by Gasteiger charge is -2.18. The minimum absolute atomic E-state index is 0.0828. The molecular weight excluding hydrogens is 997 g/mol. The number of carbonyl (C=O) groups is 3. The third kappa shape index (κ3) is 66.5. The lowest BCUT2D eigenvalue weighted by Crippen LogP contribution is -2.30. The molecule has 0 amide bonds. The normalized spacial score (nSPS) is 12.9. The van der Waals surface area contributed by atoms with Crippen LogP contribution < -0.4 is 0 Å². The Balaban J connectivity index is 4.17. The van der Waals surface area contributed by atoms with Crippen LogP contribution in [0.15, 0.2) is 122 Å². The van der Waals surface area contributed by atoms with Gasteiger partial charge in [0.05, 0.1) is 0 Å². The van der Waals surface area contributed by atoms with Crippen molar-refractivity contribution in [1.29, 1.82) is 0 Å². The minimum Gasteiger partial charge on any atom is -0.462 e. The Kier molecular flexibility index (Phi) is 64.8. The fourth-order valence-electron chi connectivity index (χ4n) is 9.37. The zero-order valence-corrected chi connectivity index (χ0v) is 53.0. The summed E-state index contributed by atoms with van der Waals surface area (Å²) in [6.45, 7) is 6.48. The summed E-state index contributed by atoms with van der Waals surface area (Å²) in [4.78, 5) is 38.2. The van der Waals surface area contributed by atoms with Crippen molar-refractivity contribution in [2.24, 2.45) is 0 Å². The van der Waals surface area contributed by atoms with E-state index in [1.807, 2.05) is 0 Å². The Labute approximate surface area is 501 Å². The van der Waals surface area contributed by atoms with Gasteiger partial charge >= 0.3 is 17.9 Å². The van der Waals surface area contributed by atoms with Crippen LogP contribution in [0.5, 0.6) is 0 Å². The second kappa shape index (κ2) is 68.3. The van der Waals surface area contributed by atoms with E-state index in [1.54, 1.807) is 0 Å². The number of rotatable bonds is 61. The number of allylic oxidation sites excluding steroid dienone is 20. The summed E-state index contributed by atoms with van der Waals surface area (Å²) in [6, 6.07) is 0. The highest BCUT2D eigenvalue weighted by Crippen LogP contribution is 2.16. The van der Waals surface area contributed by atoms with Crippen LogP contribution in [0.3, 0.4) is 0 Å². The van der Waals surface area contributed by atoms with Crippen molar-refractivity contribution < 1.29 is 28.6 Å². The Hall–Kier alpha value is -4.19. The molecule has 0 aromatic heterocycles. The van der Waals surface area contributed by atoms with Crippen molar-refractivity contribution in [1.82, 2.24) is 0 Å². The fourth-order valence-corrected chi connectivity index (χ4v) is 9.37. The molecule has 0 radical (unpaired) electrons. The van der Waals surface area contributed by atoms with Crippen molar-refractivity contribution in [3.05, 3.63) is 122 Å². The maximum absolute atomic E-state index is 12.9. The fraction of sp³-hybridized carbons (Fsp3) is 0.693. The van der Waals surface area contributed by atoms with Crippen LogP contribution >= 0.6 is 0 Å². The molecule has 6 heteroatoms. The van der Waals surface area contributed by atoms with Gasteiger partial charge in [0.1, 0.15) is 13.2 Å². The first-order valence-electron chi connectivity index (χ1n) is 34.0. The summed E-state index contributed by atoms with van der Waals surface area (Å²) in [6.07, 6.45) is 95.2. The number of esters is 3. The van der Waals surface area contributed by atoms with Gasteiger partial charge in [0, 0.05) is 19.3 Å². The number of hydrogen-bond acceptors (Lipinski definition) is 6. The molecule has 0 aliphatic heterocycles. The topological polar surface area (TPSA) is 78.9 Å². The number of hydrogen-bond donors (Lipinski definition) is 0. The third-order valence-corrected chi connectivity index (χ3v) is 14.5. The summed E-state index contributed by atoms with van der Waals surface area (Å²) in [5.41, 5.74) is 0. The van der Waals surface area contributed by atoms with E-state index in [4.69, 9.17) is 14.2 Å². The Bertz CT molecular complexity index is 1670. The SMILES string of the molecule is CC/C=C\C/C=C\C/C=C\C/C=C\C/C=C\C/C=C\C/C=C\C/C=C\CCCCCCCCC(=O)OCC(COC(=O)CCCCCCCCC)OC(=O)CCCCCCCCCCCCCCC/C=C\C/C=C\CCCCCCC. The number of unbranched alkanes of at least 4 members (excludes halogenated alkanes) is 30. The lowest BCUT2D eigenvalue weighted by molar-refractivity contribution is -0.167. The monoisotopic (exact) mass is 1120 g/mol. The van der Waals surface area contributed by atoms with Gasteiger partial charge in [-0.25, -0.2) is 0 Å². The average molecular weight is 1120 g/mol. The quantitative estimate of drug-likeness (QED) is 0.0261. The van der Waals surface area contributed by atoms with Crippen LogP contribution in [0, 0.1) is 0 Å². The molecule has 0 saturated carbocycles. The van der Waals surface area contributed by atoms with Gasteiger partial charge in [-0.05, 0) is 116 Å². The Morgan fingerprint density at radius 3 is 0.753 bits per heavy atom. The van der Waals surface area contributed by atoms with E-state index < -0.39 is 6.10 Å². The highest BCUT2D eigenvalue weighted by atomic mass is 16.6. The van der Waals surface area contributed by atoms with Crippen molar-refractivity contribution in [2.75, 3.05) is 13.2 Å². The van der Waals surface area contributed by atoms with E-state index >= 15 is 0 Å². The molecule has 0 rings (SSSR count). The highest BCUT2D eigenvalue weighted by Gasteiger charge is 2.19. The van der Waals surface area contributed by atoms with Gasteiger partial charge in [-0.3, -0.25) is 14.4 Å². The summed E-state index contributed by atoms with van der Waals surface area (Å²) in [5.74, 6) is -0.899. The molecule has 0 N–H and O–H groups in total. The molecule has 0 fully saturated rings. The number of ether oxygens (including phenoxy) is 3. The predicted octanol–water partition coefficient (Wildman–Crippen LogP) is 23.6. The number of carbonyl (C=O) groups excluding carboxylic acids is 3. The smallest absolute Gasteiger partial charge is 0.306 e. The van der Waals surface area contributed by atoms with Crippen LogP contribution in [0.2, 0.25) is 0 Å². The van der Waals surface area contributed by atoms with Gasteiger partial charge in [0.25, 0.3) is 0 Å². The second-order valence-corrected chi connectivity index (χ2v) is 22.4. The molecule has 0 spiro atoms. The summed E-state index contributed by atoms with van der Waals surface area (Å²) in [7, 11) is 0. The van der Waals surface area contributed by atoms with Crippen molar-refractivity contribution in [3.8, 4) is 0 Å². The van der Waals surface area contributed by atoms with Crippen LogP contribution in [-0.2, 0) is 28.6 Å². The molecule has 1 unspecified atom stereocenters. The van der Waals surface area contributed by atoms with E-state index in [2.05, 4.69) is 142 Å². The Morgan fingerprint density at radius 2 is 0.481 bits per heavy atom. The van der Waals surface area contributed by atoms with Gasteiger partial charge in [-0.15, -0.1) is 0 Å². The molecule has 0 heterocycles. The van der Waals surface area contributed by atoms with Crippen molar-refractivity contribution in [3.63, 3.8) is 0 Å². The maximum Gasteiger partial charge on any atom is 0.306 e. The lowest BCUT2D eigenvalue weighted by atomic mass is 10.0. The zero-order valence-electron chi connectivity index (χ0n) is 53.0. The van der Waals surface area contributed by atoms with Gasteiger partial charge in [-0.2, -0.15) is 0 Å². The molecule has 81 heavy (non-hydrogen) atoms. The van der Waals surface area contributed by atoms with Crippen LogP contribution in [0.1, 0.15) is 316 Å². The van der Waals surface area contributed by atoms with Crippen LogP contribution in [0.4, 0.5) is 0 Å². The molecule has 0 bridgehead atoms. The molecule has 6 nitrogen and oxygen atoms in total. The first-order chi connectivity index (χ1) is 40.0. The van der Waals surface area contributed by atoms with E-state index in [0.29, 0.717) is 19.3 Å². The summed E-state index contributed by atoms with van der Waals surface area (Å²) < 4.78 is 16.9. The largest absolute Gasteiger partial charge is 0.462 e. The van der Waals surface area contributed by atoms with E-state index in [0.717, 1.165) is 128 Å². The van der Waals surface area contributed by atoms with Gasteiger partial charge in [0.2, 0.25) is 0 Å². The molecule has 1 atom stereocenters. The molecule has 0 aromatic rings. The van der Waals surface area contributed by atoms with Crippen LogP contribution in [-0.4, -0.2) is 37.2 Å². The molecular formula is C75H126O6. The maximum atomic E-state index is 12.9. The molecule has 462 valence electrons. The molecule has 0 saturated heterocycles. The first kappa shape index (κ1) is 76.8. The van der Waals surface area contributed by atoms with Crippen LogP contribution in [0.25, 0.3) is 0 Å². The first-order valence-corrected chi connectivity index (χ1v) is 34.0. The summed E-state index contributed by atoms with van der Waals surface area (Å²) >= 11 is 0. The van der Waals surface area contributed by atoms with Gasteiger partial charge in [-0.1, -0.05) is 303 Å². The minimum atomic E-state index is -0.785. The van der Waals surface area contributed by atoms with E-state index in [1.165, 1.54) is 148 Å². The van der Waals surface area contributed by atoms with Gasteiger partial charge in [0.15, 0.2) is 6.10 Å². The predicted molar refractivity (Wildman–Crippen MR) is 353 cm³/mol. The third-order valence-electron chi connectivity index (χ3n) is 14.5. The second-order valence-electron chi connectivity index (χ2n) is 22.4. The molecule has 0 aliphatic carbocycles. The van der Waals surface area contributed by atoms with Gasteiger partial charge < -0.3 is 14.2 Å². The van der Waals surface area contributed by atoms with Crippen molar-refractivity contribution >= 4 is 17.9 Å². The average Bonchev–Trinajstić information content (AvgIpc) is 3.46. The van der Waals surface area contributed by atoms with E-state index in [9.17, 15) is 14.4 Å². The van der Waals surface area contributed by atoms with E-state index in [-0.39, 0.29) is 31.1 Å².